The summed E-state index contributed by atoms with van der Waals surface area (Å²) in [4.78, 5) is 15.5. The van der Waals surface area contributed by atoms with E-state index < -0.39 is 0 Å². The Morgan fingerprint density at radius 1 is 1.04 bits per heavy atom. The predicted octanol–water partition coefficient (Wildman–Crippen LogP) is 3.42. The standard InChI is InChI=1S/C19H20N2O3/c1-12-4-6-14-10-16(21-15(14)8-12)19(22)20-11-13-5-7-17(23-2)18(9-13)24-3/h4-10,21H,11H2,1-3H3,(H,20,22). The normalized spacial score (nSPS) is 10.6. The minimum absolute atomic E-state index is 0.140. The summed E-state index contributed by atoms with van der Waals surface area (Å²) in [6.45, 7) is 2.44. The first-order chi connectivity index (χ1) is 11.6. The van der Waals surface area contributed by atoms with Crippen LogP contribution in [0, 0.1) is 6.92 Å². The smallest absolute Gasteiger partial charge is 0.267 e. The Labute approximate surface area is 140 Å². The van der Waals surface area contributed by atoms with Crippen molar-refractivity contribution in [3.63, 3.8) is 0 Å². The number of carbonyl (C=O) groups is 1. The van der Waals surface area contributed by atoms with Gasteiger partial charge in [-0.2, -0.15) is 0 Å². The summed E-state index contributed by atoms with van der Waals surface area (Å²) in [5.41, 5.74) is 3.61. The average molecular weight is 324 g/mol. The molecule has 24 heavy (non-hydrogen) atoms. The number of methoxy groups -OCH3 is 2. The van der Waals surface area contributed by atoms with E-state index in [1.54, 1.807) is 14.2 Å². The maximum atomic E-state index is 12.4. The van der Waals surface area contributed by atoms with Crippen molar-refractivity contribution < 1.29 is 14.3 Å². The van der Waals surface area contributed by atoms with Gasteiger partial charge in [-0.1, -0.05) is 18.2 Å². The van der Waals surface area contributed by atoms with Gasteiger partial charge >= 0.3 is 0 Å². The van der Waals surface area contributed by atoms with E-state index in [0.717, 1.165) is 22.0 Å². The van der Waals surface area contributed by atoms with Crippen LogP contribution in [-0.2, 0) is 6.54 Å². The molecule has 0 saturated carbocycles. The number of amides is 1. The fourth-order valence-electron chi connectivity index (χ4n) is 2.63. The number of hydrogen-bond acceptors (Lipinski definition) is 3. The van der Waals surface area contributed by atoms with Crippen molar-refractivity contribution in [2.45, 2.75) is 13.5 Å². The predicted molar refractivity (Wildman–Crippen MR) is 93.8 cm³/mol. The molecule has 0 bridgehead atoms. The van der Waals surface area contributed by atoms with Crippen molar-refractivity contribution in [2.24, 2.45) is 0 Å². The second kappa shape index (κ2) is 6.66. The third-order valence-electron chi connectivity index (χ3n) is 3.92. The molecule has 2 N–H and O–H groups in total. The number of carbonyl (C=O) groups excluding carboxylic acids is 1. The number of rotatable bonds is 5. The van der Waals surface area contributed by atoms with Gasteiger partial charge < -0.3 is 19.8 Å². The van der Waals surface area contributed by atoms with Crippen molar-refractivity contribution >= 4 is 16.8 Å². The molecule has 2 aromatic carbocycles. The summed E-state index contributed by atoms with van der Waals surface area (Å²) in [5.74, 6) is 1.17. The minimum Gasteiger partial charge on any atom is -0.493 e. The van der Waals surface area contributed by atoms with Crippen molar-refractivity contribution in [1.29, 1.82) is 0 Å². The highest BCUT2D eigenvalue weighted by molar-refractivity contribution is 5.98. The van der Waals surface area contributed by atoms with E-state index in [1.807, 2.05) is 49.4 Å². The summed E-state index contributed by atoms with van der Waals surface area (Å²) in [6.07, 6.45) is 0. The van der Waals surface area contributed by atoms with Crippen molar-refractivity contribution in [2.75, 3.05) is 14.2 Å². The van der Waals surface area contributed by atoms with Gasteiger partial charge in [0, 0.05) is 17.4 Å². The molecule has 124 valence electrons. The van der Waals surface area contributed by atoms with Crippen LogP contribution in [-0.4, -0.2) is 25.1 Å². The van der Waals surface area contributed by atoms with Gasteiger partial charge in [-0.3, -0.25) is 4.79 Å². The van der Waals surface area contributed by atoms with Crippen molar-refractivity contribution in [3.05, 3.63) is 59.3 Å². The summed E-state index contributed by atoms with van der Waals surface area (Å²) < 4.78 is 10.5. The Bertz CT molecular complexity index is 883. The van der Waals surface area contributed by atoms with Crippen LogP contribution in [0.25, 0.3) is 10.9 Å². The Morgan fingerprint density at radius 2 is 1.83 bits per heavy atom. The second-order valence-electron chi connectivity index (χ2n) is 5.65. The average Bonchev–Trinajstić information content (AvgIpc) is 3.02. The molecule has 3 aromatic rings. The maximum Gasteiger partial charge on any atom is 0.267 e. The van der Waals surface area contributed by atoms with Crippen LogP contribution >= 0.6 is 0 Å². The van der Waals surface area contributed by atoms with E-state index in [-0.39, 0.29) is 5.91 Å². The van der Waals surface area contributed by atoms with Crippen molar-refractivity contribution in [3.8, 4) is 11.5 Å². The monoisotopic (exact) mass is 324 g/mol. The van der Waals surface area contributed by atoms with Crippen LogP contribution in [0.4, 0.5) is 0 Å². The second-order valence-corrected chi connectivity index (χ2v) is 5.65. The summed E-state index contributed by atoms with van der Waals surface area (Å²) in [5, 5.41) is 3.94. The lowest BCUT2D eigenvalue weighted by Crippen LogP contribution is -2.23. The van der Waals surface area contributed by atoms with E-state index in [9.17, 15) is 4.79 Å². The number of hydrogen-bond donors (Lipinski definition) is 2. The number of benzene rings is 2. The first-order valence-corrected chi connectivity index (χ1v) is 7.69. The van der Waals surface area contributed by atoms with Gasteiger partial charge in [0.15, 0.2) is 11.5 Å². The maximum absolute atomic E-state index is 12.4. The third-order valence-corrected chi connectivity index (χ3v) is 3.92. The largest absolute Gasteiger partial charge is 0.493 e. The molecule has 0 fully saturated rings. The first kappa shape index (κ1) is 15.9. The van der Waals surface area contributed by atoms with Crippen LogP contribution in [0.2, 0.25) is 0 Å². The van der Waals surface area contributed by atoms with E-state index in [1.165, 1.54) is 0 Å². The Balaban J connectivity index is 1.72. The van der Waals surface area contributed by atoms with Gasteiger partial charge in [-0.15, -0.1) is 0 Å². The summed E-state index contributed by atoms with van der Waals surface area (Å²) >= 11 is 0. The van der Waals surface area contributed by atoms with Crippen LogP contribution < -0.4 is 14.8 Å². The molecule has 0 atom stereocenters. The molecule has 1 heterocycles. The Morgan fingerprint density at radius 3 is 2.58 bits per heavy atom. The summed E-state index contributed by atoms with van der Waals surface area (Å²) in [6, 6.07) is 13.5. The zero-order valence-electron chi connectivity index (χ0n) is 14.0. The van der Waals surface area contributed by atoms with Gasteiger partial charge in [-0.05, 0) is 42.3 Å². The molecule has 0 aliphatic carbocycles. The number of ether oxygens (including phenoxy) is 2. The van der Waals surface area contributed by atoms with Gasteiger partial charge in [0.2, 0.25) is 0 Å². The number of aryl methyl sites for hydroxylation is 1. The molecule has 0 saturated heterocycles. The highest BCUT2D eigenvalue weighted by atomic mass is 16.5. The lowest BCUT2D eigenvalue weighted by Gasteiger charge is -2.10. The molecule has 5 heteroatoms. The molecule has 0 unspecified atom stereocenters. The molecule has 1 aromatic heterocycles. The number of fused-ring (bicyclic) bond motifs is 1. The quantitative estimate of drug-likeness (QED) is 0.756. The minimum atomic E-state index is -0.140. The molecule has 0 aliphatic heterocycles. The molecule has 0 radical (unpaired) electrons. The number of aromatic amines is 1. The fourth-order valence-corrected chi connectivity index (χ4v) is 2.63. The first-order valence-electron chi connectivity index (χ1n) is 7.69. The Hall–Kier alpha value is -2.95. The SMILES string of the molecule is COc1ccc(CNC(=O)c2cc3ccc(C)cc3[nH]2)cc1OC. The van der Waals surface area contributed by atoms with Gasteiger partial charge in [0.25, 0.3) is 5.91 Å². The van der Waals surface area contributed by atoms with Crippen LogP contribution in [0.3, 0.4) is 0 Å². The fraction of sp³-hybridized carbons (Fsp3) is 0.211. The molecule has 0 spiro atoms. The highest BCUT2D eigenvalue weighted by Gasteiger charge is 2.10. The van der Waals surface area contributed by atoms with Crippen molar-refractivity contribution in [1.82, 2.24) is 10.3 Å². The molecule has 0 aliphatic rings. The van der Waals surface area contributed by atoms with Gasteiger partial charge in [0.05, 0.1) is 14.2 Å². The van der Waals surface area contributed by atoms with E-state index in [4.69, 9.17) is 9.47 Å². The van der Waals surface area contributed by atoms with E-state index in [2.05, 4.69) is 10.3 Å². The van der Waals surface area contributed by atoms with Gasteiger partial charge in [-0.25, -0.2) is 0 Å². The topological polar surface area (TPSA) is 63.3 Å². The molecule has 5 nitrogen and oxygen atoms in total. The van der Waals surface area contributed by atoms with E-state index >= 15 is 0 Å². The molecular weight excluding hydrogens is 304 g/mol. The Kier molecular flexibility index (Phi) is 4.42. The zero-order valence-corrected chi connectivity index (χ0v) is 14.0. The summed E-state index contributed by atoms with van der Waals surface area (Å²) in [7, 11) is 3.18. The molecule has 1 amide bonds. The molecule has 3 rings (SSSR count). The third kappa shape index (κ3) is 3.20. The molecular formula is C19H20N2O3. The van der Waals surface area contributed by atoms with Crippen LogP contribution in [0.1, 0.15) is 21.6 Å². The number of nitrogens with one attached hydrogen (secondary N) is 2. The van der Waals surface area contributed by atoms with Crippen LogP contribution in [0.5, 0.6) is 11.5 Å². The number of aromatic nitrogens is 1. The lowest BCUT2D eigenvalue weighted by atomic mass is 10.2. The van der Waals surface area contributed by atoms with E-state index in [0.29, 0.717) is 23.7 Å². The highest BCUT2D eigenvalue weighted by Crippen LogP contribution is 2.27. The zero-order chi connectivity index (χ0) is 17.1. The number of H-pyrrole nitrogens is 1. The van der Waals surface area contributed by atoms with Crippen LogP contribution in [0.15, 0.2) is 42.5 Å². The lowest BCUT2D eigenvalue weighted by molar-refractivity contribution is 0.0946. The van der Waals surface area contributed by atoms with Gasteiger partial charge in [0.1, 0.15) is 5.69 Å².